The quantitative estimate of drug-likeness (QED) is 0.822. The fourth-order valence-corrected chi connectivity index (χ4v) is 2.12. The van der Waals surface area contributed by atoms with Crippen LogP contribution < -0.4 is 5.73 Å². The zero-order valence-electron chi connectivity index (χ0n) is 9.01. The maximum absolute atomic E-state index is 5.58. The van der Waals surface area contributed by atoms with Crippen LogP contribution in [0.1, 0.15) is 17.3 Å². The van der Waals surface area contributed by atoms with Crippen molar-refractivity contribution in [1.82, 2.24) is 10.1 Å². The average Bonchev–Trinajstić information content (AvgIpc) is 2.73. The summed E-state index contributed by atoms with van der Waals surface area (Å²) < 4.78 is 5.04. The number of rotatable bonds is 4. The largest absolute Gasteiger partial charge is 0.338 e. The lowest BCUT2D eigenvalue weighted by atomic mass is 10.2. The first-order chi connectivity index (χ1) is 7.78. The Morgan fingerprint density at radius 3 is 3.00 bits per heavy atom. The van der Waals surface area contributed by atoms with Crippen molar-refractivity contribution < 1.29 is 4.52 Å². The van der Waals surface area contributed by atoms with Gasteiger partial charge in [-0.25, -0.2) is 0 Å². The first kappa shape index (κ1) is 11.2. The van der Waals surface area contributed by atoms with E-state index in [4.69, 9.17) is 10.3 Å². The molecule has 5 heteroatoms. The van der Waals surface area contributed by atoms with Crippen LogP contribution in [-0.2, 0) is 12.3 Å². The molecule has 0 atom stereocenters. The molecule has 84 valence electrons. The monoisotopic (exact) mass is 235 g/mol. The summed E-state index contributed by atoms with van der Waals surface area (Å²) in [7, 11) is 0. The van der Waals surface area contributed by atoms with Crippen molar-refractivity contribution in [3.8, 4) is 0 Å². The molecule has 0 unspecified atom stereocenters. The molecule has 0 aliphatic rings. The summed E-state index contributed by atoms with van der Waals surface area (Å²) in [4.78, 5) is 5.31. The van der Waals surface area contributed by atoms with Crippen LogP contribution >= 0.6 is 11.8 Å². The van der Waals surface area contributed by atoms with Crippen LogP contribution in [0.3, 0.4) is 0 Å². The molecule has 0 radical (unpaired) electrons. The Morgan fingerprint density at radius 2 is 2.31 bits per heavy atom. The summed E-state index contributed by atoms with van der Waals surface area (Å²) in [5.41, 5.74) is 6.71. The zero-order valence-corrected chi connectivity index (χ0v) is 9.83. The van der Waals surface area contributed by atoms with Crippen LogP contribution in [0.5, 0.6) is 0 Å². The van der Waals surface area contributed by atoms with Gasteiger partial charge in [-0.05, 0) is 24.6 Å². The van der Waals surface area contributed by atoms with E-state index < -0.39 is 0 Å². The molecule has 0 saturated heterocycles. The van der Waals surface area contributed by atoms with Crippen LogP contribution in [0.15, 0.2) is 33.7 Å². The van der Waals surface area contributed by atoms with Gasteiger partial charge in [0, 0.05) is 11.4 Å². The molecular formula is C11H13N3OS. The first-order valence-electron chi connectivity index (χ1n) is 4.99. The second-order valence-corrected chi connectivity index (χ2v) is 4.42. The molecule has 2 N–H and O–H groups in total. The minimum absolute atomic E-state index is 0.564. The minimum atomic E-state index is 0.564. The molecule has 2 rings (SSSR count). The summed E-state index contributed by atoms with van der Waals surface area (Å²) in [5, 5.41) is 3.74. The Bertz CT molecular complexity index is 470. The van der Waals surface area contributed by atoms with E-state index in [2.05, 4.69) is 16.2 Å². The molecule has 0 bridgehead atoms. The molecule has 1 aromatic carbocycles. The predicted octanol–water partition coefficient (Wildman–Crippen LogP) is 2.13. The second kappa shape index (κ2) is 5.14. The summed E-state index contributed by atoms with van der Waals surface area (Å²) in [6.07, 6.45) is 0. The number of aryl methyl sites for hydroxylation is 1. The summed E-state index contributed by atoms with van der Waals surface area (Å²) >= 11 is 1.66. The highest BCUT2D eigenvalue weighted by Crippen LogP contribution is 2.22. The van der Waals surface area contributed by atoms with Gasteiger partial charge in [-0.1, -0.05) is 17.3 Å². The topological polar surface area (TPSA) is 64.9 Å². The maximum atomic E-state index is 5.58. The number of nitrogens with two attached hydrogens (primary N) is 1. The zero-order chi connectivity index (χ0) is 11.4. The third-order valence-corrected chi connectivity index (χ3v) is 3.04. The van der Waals surface area contributed by atoms with E-state index in [0.29, 0.717) is 24.0 Å². The van der Waals surface area contributed by atoms with Gasteiger partial charge < -0.3 is 10.3 Å². The fraction of sp³-hybridized carbons (Fsp3) is 0.273. The lowest BCUT2D eigenvalue weighted by Crippen LogP contribution is -1.95. The minimum Gasteiger partial charge on any atom is -0.338 e. The molecule has 2 aromatic rings. The number of hydrogen-bond donors (Lipinski definition) is 1. The molecular weight excluding hydrogens is 222 g/mol. The molecule has 0 saturated carbocycles. The third-order valence-electron chi connectivity index (χ3n) is 2.07. The summed E-state index contributed by atoms with van der Waals surface area (Å²) in [5.74, 6) is 2.02. The van der Waals surface area contributed by atoms with E-state index in [1.807, 2.05) is 25.1 Å². The van der Waals surface area contributed by atoms with Crippen molar-refractivity contribution in [2.45, 2.75) is 24.1 Å². The van der Waals surface area contributed by atoms with E-state index in [1.165, 1.54) is 4.90 Å². The van der Waals surface area contributed by atoms with Gasteiger partial charge in [-0.2, -0.15) is 4.98 Å². The molecule has 0 spiro atoms. The highest BCUT2D eigenvalue weighted by atomic mass is 32.2. The van der Waals surface area contributed by atoms with Crippen LogP contribution in [-0.4, -0.2) is 10.1 Å². The van der Waals surface area contributed by atoms with Crippen molar-refractivity contribution in [3.05, 3.63) is 41.5 Å². The average molecular weight is 235 g/mol. The van der Waals surface area contributed by atoms with Crippen LogP contribution in [0, 0.1) is 6.92 Å². The van der Waals surface area contributed by atoms with E-state index >= 15 is 0 Å². The van der Waals surface area contributed by atoms with Gasteiger partial charge in [-0.3, -0.25) is 0 Å². The highest BCUT2D eigenvalue weighted by molar-refractivity contribution is 7.98. The van der Waals surface area contributed by atoms with E-state index in [9.17, 15) is 0 Å². The smallest absolute Gasteiger partial charge is 0.236 e. The maximum Gasteiger partial charge on any atom is 0.236 e. The van der Waals surface area contributed by atoms with Crippen LogP contribution in [0.25, 0.3) is 0 Å². The SMILES string of the molecule is Cc1noc(CSc2cccc(CN)c2)n1. The number of aromatic nitrogens is 2. The molecule has 0 aliphatic heterocycles. The number of benzene rings is 1. The molecule has 4 nitrogen and oxygen atoms in total. The number of hydrogen-bond acceptors (Lipinski definition) is 5. The first-order valence-corrected chi connectivity index (χ1v) is 5.97. The van der Waals surface area contributed by atoms with Crippen molar-refractivity contribution in [2.75, 3.05) is 0 Å². The highest BCUT2D eigenvalue weighted by Gasteiger charge is 2.03. The van der Waals surface area contributed by atoms with Gasteiger partial charge in [0.05, 0.1) is 5.75 Å². The summed E-state index contributed by atoms with van der Waals surface area (Å²) in [6.45, 7) is 2.38. The van der Waals surface area contributed by atoms with Crippen molar-refractivity contribution in [1.29, 1.82) is 0 Å². The third kappa shape index (κ3) is 2.84. The van der Waals surface area contributed by atoms with Gasteiger partial charge in [0.2, 0.25) is 5.89 Å². The number of nitrogens with zero attached hydrogens (tertiary/aromatic N) is 2. The summed E-state index contributed by atoms with van der Waals surface area (Å²) in [6, 6.07) is 8.14. The van der Waals surface area contributed by atoms with Gasteiger partial charge in [-0.15, -0.1) is 11.8 Å². The lowest BCUT2D eigenvalue weighted by molar-refractivity contribution is 0.387. The molecule has 0 amide bonds. The van der Waals surface area contributed by atoms with Crippen molar-refractivity contribution in [2.24, 2.45) is 5.73 Å². The fourth-order valence-electron chi connectivity index (χ4n) is 1.31. The van der Waals surface area contributed by atoms with Crippen molar-refractivity contribution in [3.63, 3.8) is 0 Å². The molecule has 0 aliphatic carbocycles. The second-order valence-electron chi connectivity index (χ2n) is 3.38. The van der Waals surface area contributed by atoms with Crippen LogP contribution in [0.2, 0.25) is 0 Å². The lowest BCUT2D eigenvalue weighted by Gasteiger charge is -2.01. The molecule has 1 heterocycles. The van der Waals surface area contributed by atoms with Gasteiger partial charge in [0.25, 0.3) is 0 Å². The Balaban J connectivity index is 1.99. The Hall–Kier alpha value is -1.33. The Morgan fingerprint density at radius 1 is 1.44 bits per heavy atom. The standard InChI is InChI=1S/C11H13N3OS/c1-8-13-11(15-14-8)7-16-10-4-2-3-9(5-10)6-12/h2-5H,6-7,12H2,1H3. The molecule has 16 heavy (non-hydrogen) atoms. The van der Waals surface area contributed by atoms with Crippen molar-refractivity contribution >= 4 is 11.8 Å². The van der Waals surface area contributed by atoms with Gasteiger partial charge in [0.15, 0.2) is 5.82 Å². The predicted molar refractivity (Wildman–Crippen MR) is 62.9 cm³/mol. The van der Waals surface area contributed by atoms with E-state index in [-0.39, 0.29) is 0 Å². The molecule has 0 fully saturated rings. The Labute approximate surface area is 98.2 Å². The van der Waals surface area contributed by atoms with E-state index in [1.54, 1.807) is 11.8 Å². The molecule has 1 aromatic heterocycles. The van der Waals surface area contributed by atoms with Gasteiger partial charge >= 0.3 is 0 Å². The van der Waals surface area contributed by atoms with Crippen LogP contribution in [0.4, 0.5) is 0 Å². The van der Waals surface area contributed by atoms with E-state index in [0.717, 1.165) is 5.56 Å². The number of thioether (sulfide) groups is 1. The normalized spacial score (nSPS) is 10.6. The van der Waals surface area contributed by atoms with Gasteiger partial charge in [0.1, 0.15) is 0 Å². The Kier molecular flexibility index (Phi) is 3.58.